The molecular formula is C17H33N3O4. The van der Waals surface area contributed by atoms with Gasteiger partial charge >= 0.3 is 6.09 Å². The lowest BCUT2D eigenvalue weighted by atomic mass is 10.0. The molecule has 1 fully saturated rings. The van der Waals surface area contributed by atoms with E-state index in [4.69, 9.17) is 4.74 Å². The molecule has 0 aromatic carbocycles. The summed E-state index contributed by atoms with van der Waals surface area (Å²) in [6.45, 7) is 12.1. The number of morpholine rings is 1. The van der Waals surface area contributed by atoms with Crippen molar-refractivity contribution in [1.29, 1.82) is 0 Å². The van der Waals surface area contributed by atoms with Crippen molar-refractivity contribution in [2.45, 2.75) is 46.2 Å². The molecule has 0 spiro atoms. The number of alkyl carbamates (subject to hydrolysis) is 1. The lowest BCUT2D eigenvalue weighted by Gasteiger charge is -2.37. The third-order valence-electron chi connectivity index (χ3n) is 4.27. The lowest BCUT2D eigenvalue weighted by molar-refractivity contribution is -0.123. The standard InChI is InChI=1S/C17H33N3O4/c1-12(2)10-14(19-17(22)23-5)16(21)18-11-15(13(3)4)20-6-8-24-9-7-20/h12-15H,6-11H2,1-5H3,(H,18,21)(H,19,22)/t14-,15-/m1/s1. The Hall–Kier alpha value is -1.34. The van der Waals surface area contributed by atoms with Gasteiger partial charge < -0.3 is 20.1 Å². The van der Waals surface area contributed by atoms with Crippen molar-refractivity contribution in [3.63, 3.8) is 0 Å². The molecule has 0 radical (unpaired) electrons. The summed E-state index contributed by atoms with van der Waals surface area (Å²) in [6, 6.07) is -0.314. The SMILES string of the molecule is COC(=O)N[C@H](CC(C)C)C(=O)NC[C@H](C(C)C)N1CCOCC1. The van der Waals surface area contributed by atoms with Crippen molar-refractivity contribution in [2.75, 3.05) is 40.0 Å². The maximum absolute atomic E-state index is 12.5. The van der Waals surface area contributed by atoms with Crippen LogP contribution < -0.4 is 10.6 Å². The molecule has 24 heavy (non-hydrogen) atoms. The van der Waals surface area contributed by atoms with E-state index in [1.54, 1.807) is 0 Å². The van der Waals surface area contributed by atoms with E-state index in [0.717, 1.165) is 26.3 Å². The number of hydrogen-bond acceptors (Lipinski definition) is 5. The summed E-state index contributed by atoms with van der Waals surface area (Å²) >= 11 is 0. The van der Waals surface area contributed by atoms with Crippen LogP contribution in [-0.2, 0) is 14.3 Å². The molecular weight excluding hydrogens is 310 g/mol. The van der Waals surface area contributed by atoms with Gasteiger partial charge in [-0.15, -0.1) is 0 Å². The topological polar surface area (TPSA) is 79.9 Å². The zero-order valence-electron chi connectivity index (χ0n) is 15.6. The number of rotatable bonds is 8. The molecule has 7 heteroatoms. The van der Waals surface area contributed by atoms with Gasteiger partial charge in [0.05, 0.1) is 20.3 Å². The molecule has 0 saturated carbocycles. The highest BCUT2D eigenvalue weighted by atomic mass is 16.5. The fourth-order valence-corrected chi connectivity index (χ4v) is 2.93. The molecule has 0 bridgehead atoms. The predicted molar refractivity (Wildman–Crippen MR) is 92.8 cm³/mol. The highest BCUT2D eigenvalue weighted by Gasteiger charge is 2.27. The molecule has 0 aliphatic carbocycles. The van der Waals surface area contributed by atoms with Gasteiger partial charge in [-0.1, -0.05) is 27.7 Å². The van der Waals surface area contributed by atoms with Gasteiger partial charge in [-0.2, -0.15) is 0 Å². The van der Waals surface area contributed by atoms with Crippen LogP contribution in [0.4, 0.5) is 4.79 Å². The van der Waals surface area contributed by atoms with Crippen LogP contribution in [0.3, 0.4) is 0 Å². The molecule has 2 atom stereocenters. The maximum Gasteiger partial charge on any atom is 0.407 e. The molecule has 1 aliphatic rings. The van der Waals surface area contributed by atoms with Gasteiger partial charge in [0.25, 0.3) is 0 Å². The van der Waals surface area contributed by atoms with Gasteiger partial charge in [-0.25, -0.2) is 4.79 Å². The molecule has 0 aromatic rings. The molecule has 140 valence electrons. The van der Waals surface area contributed by atoms with E-state index < -0.39 is 12.1 Å². The molecule has 7 nitrogen and oxygen atoms in total. The first-order valence-electron chi connectivity index (χ1n) is 8.79. The summed E-state index contributed by atoms with van der Waals surface area (Å²) in [7, 11) is 1.30. The Labute approximate surface area is 145 Å². The number of ether oxygens (including phenoxy) is 2. The van der Waals surface area contributed by atoms with E-state index in [2.05, 4.69) is 34.1 Å². The average Bonchev–Trinajstić information content (AvgIpc) is 2.54. The Kier molecular flexibility index (Phi) is 9.07. The second-order valence-corrected chi connectivity index (χ2v) is 7.02. The summed E-state index contributed by atoms with van der Waals surface area (Å²) in [4.78, 5) is 26.3. The molecule has 2 amide bonds. The van der Waals surface area contributed by atoms with E-state index in [9.17, 15) is 9.59 Å². The number of carbonyl (C=O) groups is 2. The smallest absolute Gasteiger partial charge is 0.407 e. The fourth-order valence-electron chi connectivity index (χ4n) is 2.93. The first kappa shape index (κ1) is 20.7. The number of nitrogens with zero attached hydrogens (tertiary/aromatic N) is 1. The van der Waals surface area contributed by atoms with Gasteiger partial charge in [0.1, 0.15) is 6.04 Å². The van der Waals surface area contributed by atoms with Crippen molar-refractivity contribution in [3.8, 4) is 0 Å². The Morgan fingerprint density at radius 3 is 2.29 bits per heavy atom. The quantitative estimate of drug-likeness (QED) is 0.693. The normalized spacial score (nSPS) is 18.3. The van der Waals surface area contributed by atoms with Gasteiger partial charge in [0.2, 0.25) is 5.91 Å². The number of hydrogen-bond donors (Lipinski definition) is 2. The first-order chi connectivity index (χ1) is 11.3. The van der Waals surface area contributed by atoms with Crippen LogP contribution in [0.5, 0.6) is 0 Å². The molecule has 1 rings (SSSR count). The zero-order valence-corrected chi connectivity index (χ0v) is 15.6. The Morgan fingerprint density at radius 2 is 1.79 bits per heavy atom. The monoisotopic (exact) mass is 343 g/mol. The number of amides is 2. The number of nitrogens with one attached hydrogen (secondary N) is 2. The highest BCUT2D eigenvalue weighted by Crippen LogP contribution is 2.13. The van der Waals surface area contributed by atoms with Crippen LogP contribution in [0.1, 0.15) is 34.1 Å². The summed E-state index contributed by atoms with van der Waals surface area (Å²) in [6.07, 6.45) is -0.00503. The largest absolute Gasteiger partial charge is 0.453 e. The minimum Gasteiger partial charge on any atom is -0.453 e. The molecule has 0 unspecified atom stereocenters. The van der Waals surface area contributed by atoms with Crippen LogP contribution in [0, 0.1) is 11.8 Å². The third-order valence-corrected chi connectivity index (χ3v) is 4.27. The van der Waals surface area contributed by atoms with E-state index in [1.165, 1.54) is 7.11 Å². The van der Waals surface area contributed by atoms with Crippen LogP contribution in [-0.4, -0.2) is 68.9 Å². The predicted octanol–water partition coefficient (Wildman–Crippen LogP) is 1.23. The van der Waals surface area contributed by atoms with E-state index >= 15 is 0 Å². The molecule has 1 heterocycles. The minimum absolute atomic E-state index is 0.159. The van der Waals surface area contributed by atoms with Crippen molar-refractivity contribution >= 4 is 12.0 Å². The zero-order chi connectivity index (χ0) is 18.1. The maximum atomic E-state index is 12.5. The third kappa shape index (κ3) is 7.05. The fraction of sp³-hybridized carbons (Fsp3) is 0.882. The van der Waals surface area contributed by atoms with Crippen LogP contribution in [0.25, 0.3) is 0 Å². The van der Waals surface area contributed by atoms with Crippen LogP contribution in [0.2, 0.25) is 0 Å². The van der Waals surface area contributed by atoms with Gasteiger partial charge in [0.15, 0.2) is 0 Å². The first-order valence-corrected chi connectivity index (χ1v) is 8.79. The number of carbonyl (C=O) groups excluding carboxylic acids is 2. The second kappa shape index (κ2) is 10.5. The summed E-state index contributed by atoms with van der Waals surface area (Å²) in [5.41, 5.74) is 0. The summed E-state index contributed by atoms with van der Waals surface area (Å²) in [5.74, 6) is 0.548. The molecule has 0 aromatic heterocycles. The summed E-state index contributed by atoms with van der Waals surface area (Å²) < 4.78 is 10.0. The van der Waals surface area contributed by atoms with Crippen LogP contribution >= 0.6 is 0 Å². The van der Waals surface area contributed by atoms with Crippen LogP contribution in [0.15, 0.2) is 0 Å². The molecule has 2 N–H and O–H groups in total. The second-order valence-electron chi connectivity index (χ2n) is 7.02. The average molecular weight is 343 g/mol. The van der Waals surface area contributed by atoms with Crippen molar-refractivity contribution in [3.05, 3.63) is 0 Å². The minimum atomic E-state index is -0.579. The van der Waals surface area contributed by atoms with E-state index in [1.807, 2.05) is 13.8 Å². The Morgan fingerprint density at radius 1 is 1.17 bits per heavy atom. The van der Waals surface area contributed by atoms with Gasteiger partial charge in [-0.05, 0) is 18.3 Å². The highest BCUT2D eigenvalue weighted by molar-refractivity contribution is 5.85. The number of methoxy groups -OCH3 is 1. The van der Waals surface area contributed by atoms with E-state index in [0.29, 0.717) is 18.9 Å². The molecule has 1 saturated heterocycles. The Bertz CT molecular complexity index is 395. The van der Waals surface area contributed by atoms with Crippen molar-refractivity contribution in [1.82, 2.24) is 15.5 Å². The Balaban J connectivity index is 2.61. The van der Waals surface area contributed by atoms with Gasteiger partial charge in [0, 0.05) is 25.7 Å². The molecule has 1 aliphatic heterocycles. The van der Waals surface area contributed by atoms with Crippen molar-refractivity contribution < 1.29 is 19.1 Å². The van der Waals surface area contributed by atoms with Gasteiger partial charge in [-0.3, -0.25) is 9.69 Å². The summed E-state index contributed by atoms with van der Waals surface area (Å²) in [5, 5.41) is 5.63. The lowest BCUT2D eigenvalue weighted by Crippen LogP contribution is -2.54. The van der Waals surface area contributed by atoms with E-state index in [-0.39, 0.29) is 17.9 Å². The van der Waals surface area contributed by atoms with Crippen molar-refractivity contribution in [2.24, 2.45) is 11.8 Å².